The van der Waals surface area contributed by atoms with Crippen LogP contribution in [-0.2, 0) is 16.1 Å². The van der Waals surface area contributed by atoms with E-state index in [0.717, 1.165) is 16.3 Å². The average molecular weight is 407 g/mol. The number of carbonyl (C=O) groups is 2. The summed E-state index contributed by atoms with van der Waals surface area (Å²) in [6.07, 6.45) is -0.970. The molecule has 0 spiro atoms. The third-order valence-electron chi connectivity index (χ3n) is 4.84. The van der Waals surface area contributed by atoms with Gasteiger partial charge in [-0.15, -0.1) is 0 Å². The molecule has 1 atom stereocenters. The van der Waals surface area contributed by atoms with Gasteiger partial charge in [0.15, 0.2) is 17.6 Å². The second-order valence-electron chi connectivity index (χ2n) is 6.85. The van der Waals surface area contributed by atoms with E-state index in [1.54, 1.807) is 24.3 Å². The van der Waals surface area contributed by atoms with Gasteiger partial charge in [0.25, 0.3) is 5.91 Å². The zero-order valence-corrected chi connectivity index (χ0v) is 16.6. The fourth-order valence-electron chi connectivity index (χ4n) is 3.21. The van der Waals surface area contributed by atoms with Gasteiger partial charge in [-0.1, -0.05) is 30.3 Å². The Hall–Kier alpha value is -3.74. The lowest BCUT2D eigenvalue weighted by Gasteiger charge is -2.15. The molecule has 1 unspecified atom stereocenters. The van der Waals surface area contributed by atoms with Crippen LogP contribution in [0.3, 0.4) is 0 Å². The Labute approximate surface area is 173 Å². The molecule has 1 N–H and O–H groups in total. The molecule has 1 heterocycles. The molecular weight excluding hydrogens is 386 g/mol. The predicted molar refractivity (Wildman–Crippen MR) is 110 cm³/mol. The Morgan fingerprint density at radius 1 is 1.03 bits per heavy atom. The second kappa shape index (κ2) is 8.32. The smallest absolute Gasteiger partial charge is 0.342 e. The number of hydrogen-bond donors (Lipinski definition) is 1. The Kier molecular flexibility index (Phi) is 5.43. The predicted octanol–water partition coefficient (Wildman–Crippen LogP) is 3.44. The number of carbonyl (C=O) groups excluding carboxylic acids is 2. The highest BCUT2D eigenvalue weighted by Gasteiger charge is 2.22. The van der Waals surface area contributed by atoms with Crippen molar-refractivity contribution in [3.8, 4) is 17.2 Å². The van der Waals surface area contributed by atoms with Crippen LogP contribution in [0.1, 0.15) is 22.8 Å². The lowest BCUT2D eigenvalue weighted by Crippen LogP contribution is -2.35. The number of ether oxygens (including phenoxy) is 4. The third kappa shape index (κ3) is 4.00. The summed E-state index contributed by atoms with van der Waals surface area (Å²) < 4.78 is 21.3. The zero-order chi connectivity index (χ0) is 21.1. The minimum absolute atomic E-state index is 0.191. The number of hydrogen-bond acceptors (Lipinski definition) is 6. The van der Waals surface area contributed by atoms with E-state index in [1.807, 2.05) is 30.3 Å². The molecule has 0 bridgehead atoms. The molecular formula is C23H21NO6. The number of amides is 1. The van der Waals surface area contributed by atoms with Crippen LogP contribution in [0.15, 0.2) is 54.6 Å². The fraction of sp³-hybridized carbons (Fsp3) is 0.217. The van der Waals surface area contributed by atoms with Crippen LogP contribution in [0.4, 0.5) is 0 Å². The molecule has 1 aliphatic heterocycles. The highest BCUT2D eigenvalue weighted by molar-refractivity contribution is 5.99. The fourth-order valence-corrected chi connectivity index (χ4v) is 3.21. The minimum atomic E-state index is -0.970. The summed E-state index contributed by atoms with van der Waals surface area (Å²) in [5.41, 5.74) is 1.12. The molecule has 0 radical (unpaired) electrons. The maximum Gasteiger partial charge on any atom is 0.342 e. The van der Waals surface area contributed by atoms with Crippen molar-refractivity contribution >= 4 is 22.6 Å². The number of rotatable bonds is 6. The highest BCUT2D eigenvalue weighted by atomic mass is 16.7. The first-order valence-corrected chi connectivity index (χ1v) is 9.49. The van der Waals surface area contributed by atoms with Gasteiger partial charge in [-0.25, -0.2) is 4.79 Å². The summed E-state index contributed by atoms with van der Waals surface area (Å²) in [5.74, 6) is 0.692. The van der Waals surface area contributed by atoms with Crippen molar-refractivity contribution in [2.75, 3.05) is 13.9 Å². The van der Waals surface area contributed by atoms with E-state index in [9.17, 15) is 9.59 Å². The summed E-state index contributed by atoms with van der Waals surface area (Å²) in [6.45, 7) is 1.99. The molecule has 154 valence electrons. The van der Waals surface area contributed by atoms with Crippen molar-refractivity contribution < 1.29 is 28.5 Å². The largest absolute Gasteiger partial charge is 0.496 e. The molecule has 1 amide bonds. The van der Waals surface area contributed by atoms with Crippen LogP contribution < -0.4 is 19.5 Å². The van der Waals surface area contributed by atoms with Gasteiger partial charge >= 0.3 is 5.97 Å². The van der Waals surface area contributed by atoms with Gasteiger partial charge in [-0.05, 0) is 47.5 Å². The SMILES string of the molecule is COc1cc2ccccc2cc1C(=O)OC(C)C(=O)NCc1ccc2c(c1)OCO2. The van der Waals surface area contributed by atoms with Crippen LogP contribution in [0.25, 0.3) is 10.8 Å². The quantitative estimate of drug-likeness (QED) is 0.631. The van der Waals surface area contributed by atoms with Crippen molar-refractivity contribution in [3.63, 3.8) is 0 Å². The standard InChI is InChI=1S/C23H21NO6/c1-14(22(25)24-12-15-7-8-19-21(9-15)29-13-28-19)30-23(26)18-10-16-5-3-4-6-17(16)11-20(18)27-2/h3-11,14H,12-13H2,1-2H3,(H,24,25). The first-order valence-electron chi connectivity index (χ1n) is 9.49. The molecule has 30 heavy (non-hydrogen) atoms. The first-order chi connectivity index (χ1) is 14.5. The van der Waals surface area contributed by atoms with Gasteiger partial charge in [-0.2, -0.15) is 0 Å². The van der Waals surface area contributed by atoms with Crippen LogP contribution in [0.2, 0.25) is 0 Å². The molecule has 0 saturated heterocycles. The maximum atomic E-state index is 12.7. The Balaban J connectivity index is 1.40. The third-order valence-corrected chi connectivity index (χ3v) is 4.84. The molecule has 7 heteroatoms. The molecule has 0 aliphatic carbocycles. The van der Waals surface area contributed by atoms with E-state index in [4.69, 9.17) is 18.9 Å². The number of esters is 1. The summed E-state index contributed by atoms with van der Waals surface area (Å²) in [6, 6.07) is 16.5. The van der Waals surface area contributed by atoms with Crippen molar-refractivity contribution in [1.29, 1.82) is 0 Å². The van der Waals surface area contributed by atoms with Gasteiger partial charge in [0.1, 0.15) is 11.3 Å². The molecule has 0 fully saturated rings. The van der Waals surface area contributed by atoms with E-state index in [2.05, 4.69) is 5.32 Å². The van der Waals surface area contributed by atoms with Crippen molar-refractivity contribution in [2.45, 2.75) is 19.6 Å². The van der Waals surface area contributed by atoms with E-state index >= 15 is 0 Å². The normalized spacial score (nSPS) is 13.0. The van der Waals surface area contributed by atoms with E-state index in [0.29, 0.717) is 17.2 Å². The molecule has 3 aromatic carbocycles. The van der Waals surface area contributed by atoms with Gasteiger partial charge in [0.05, 0.1) is 7.11 Å². The number of methoxy groups -OCH3 is 1. The van der Waals surface area contributed by atoms with Crippen LogP contribution in [0.5, 0.6) is 17.2 Å². The van der Waals surface area contributed by atoms with Crippen molar-refractivity contribution in [2.24, 2.45) is 0 Å². The van der Waals surface area contributed by atoms with Gasteiger partial charge in [-0.3, -0.25) is 4.79 Å². The molecule has 0 saturated carbocycles. The second-order valence-corrected chi connectivity index (χ2v) is 6.85. The van der Waals surface area contributed by atoms with E-state index in [1.165, 1.54) is 14.0 Å². The summed E-state index contributed by atoms with van der Waals surface area (Å²) >= 11 is 0. The summed E-state index contributed by atoms with van der Waals surface area (Å²) in [5, 5.41) is 4.59. The molecule has 4 rings (SSSR count). The Morgan fingerprint density at radius 2 is 1.77 bits per heavy atom. The Morgan fingerprint density at radius 3 is 2.53 bits per heavy atom. The van der Waals surface area contributed by atoms with Crippen LogP contribution in [0, 0.1) is 0 Å². The monoisotopic (exact) mass is 407 g/mol. The average Bonchev–Trinajstić information content (AvgIpc) is 3.24. The van der Waals surface area contributed by atoms with Crippen molar-refractivity contribution in [3.05, 3.63) is 65.7 Å². The molecule has 3 aromatic rings. The van der Waals surface area contributed by atoms with Crippen LogP contribution >= 0.6 is 0 Å². The molecule has 1 aliphatic rings. The maximum absolute atomic E-state index is 12.7. The van der Waals surface area contributed by atoms with Gasteiger partial charge in [0, 0.05) is 6.54 Å². The number of fused-ring (bicyclic) bond motifs is 2. The lowest BCUT2D eigenvalue weighted by molar-refractivity contribution is -0.129. The van der Waals surface area contributed by atoms with Crippen LogP contribution in [-0.4, -0.2) is 31.9 Å². The van der Waals surface area contributed by atoms with E-state index < -0.39 is 18.0 Å². The Bertz CT molecular complexity index is 1110. The topological polar surface area (TPSA) is 83.1 Å². The first kappa shape index (κ1) is 19.6. The van der Waals surface area contributed by atoms with Gasteiger partial charge in [0.2, 0.25) is 6.79 Å². The van der Waals surface area contributed by atoms with Gasteiger partial charge < -0.3 is 24.3 Å². The number of nitrogens with one attached hydrogen (secondary N) is 1. The minimum Gasteiger partial charge on any atom is -0.496 e. The highest BCUT2D eigenvalue weighted by Crippen LogP contribution is 2.32. The summed E-state index contributed by atoms with van der Waals surface area (Å²) in [7, 11) is 1.49. The van der Waals surface area contributed by atoms with Crippen molar-refractivity contribution in [1.82, 2.24) is 5.32 Å². The number of benzene rings is 3. The lowest BCUT2D eigenvalue weighted by atomic mass is 10.1. The molecule has 7 nitrogen and oxygen atoms in total. The van der Waals surface area contributed by atoms with E-state index in [-0.39, 0.29) is 18.9 Å². The summed E-state index contributed by atoms with van der Waals surface area (Å²) in [4.78, 5) is 25.1. The zero-order valence-electron chi connectivity index (χ0n) is 16.6. The molecule has 0 aromatic heterocycles.